The van der Waals surface area contributed by atoms with Crippen LogP contribution < -0.4 is 10.2 Å². The number of nitrogens with zero attached hydrogens (tertiary/aromatic N) is 2. The predicted molar refractivity (Wildman–Crippen MR) is 109 cm³/mol. The minimum Gasteiger partial charge on any atom is -0.348 e. The van der Waals surface area contributed by atoms with Gasteiger partial charge >= 0.3 is 0 Å². The van der Waals surface area contributed by atoms with E-state index in [2.05, 4.69) is 33.4 Å². The first-order valence-corrected chi connectivity index (χ1v) is 9.42. The molecule has 3 aromatic rings. The smallest absolute Gasteiger partial charge is 0.253 e. The van der Waals surface area contributed by atoms with E-state index in [4.69, 9.17) is 11.6 Å². The van der Waals surface area contributed by atoms with Crippen molar-refractivity contribution in [3.8, 4) is 0 Å². The van der Waals surface area contributed by atoms with Gasteiger partial charge < -0.3 is 10.2 Å². The Labute approximate surface area is 163 Å². The lowest BCUT2D eigenvalue weighted by atomic mass is 10.0. The zero-order valence-corrected chi connectivity index (χ0v) is 15.6. The zero-order chi connectivity index (χ0) is 18.6. The number of aromatic nitrogens is 1. The summed E-state index contributed by atoms with van der Waals surface area (Å²) >= 11 is 6.16. The molecular weight excluding hydrogens is 358 g/mol. The van der Waals surface area contributed by atoms with Crippen molar-refractivity contribution in [1.29, 1.82) is 0 Å². The van der Waals surface area contributed by atoms with Gasteiger partial charge in [-0.3, -0.25) is 9.78 Å². The van der Waals surface area contributed by atoms with Gasteiger partial charge in [0.15, 0.2) is 0 Å². The molecule has 0 radical (unpaired) electrons. The normalized spacial score (nSPS) is 13.1. The van der Waals surface area contributed by atoms with Crippen molar-refractivity contribution in [2.75, 3.05) is 11.4 Å². The van der Waals surface area contributed by atoms with Crippen LogP contribution in [0.15, 0.2) is 67.0 Å². The number of benzene rings is 2. The molecule has 0 unspecified atom stereocenters. The molecule has 0 aliphatic carbocycles. The lowest BCUT2D eigenvalue weighted by molar-refractivity contribution is 0.0950. The van der Waals surface area contributed by atoms with Gasteiger partial charge in [0.05, 0.1) is 17.4 Å². The molecule has 2 heterocycles. The van der Waals surface area contributed by atoms with E-state index in [0.29, 0.717) is 17.1 Å². The summed E-state index contributed by atoms with van der Waals surface area (Å²) in [4.78, 5) is 19.1. The van der Waals surface area contributed by atoms with Crippen LogP contribution in [0.25, 0.3) is 0 Å². The molecule has 0 fully saturated rings. The topological polar surface area (TPSA) is 45.2 Å². The van der Waals surface area contributed by atoms with Gasteiger partial charge in [-0.25, -0.2) is 0 Å². The summed E-state index contributed by atoms with van der Waals surface area (Å²) in [5.41, 5.74) is 4.90. The second-order valence-corrected chi connectivity index (χ2v) is 7.00. The van der Waals surface area contributed by atoms with E-state index >= 15 is 0 Å². The Balaban J connectivity index is 1.53. The molecule has 27 heavy (non-hydrogen) atoms. The lowest BCUT2D eigenvalue weighted by Crippen LogP contribution is -2.26. The van der Waals surface area contributed by atoms with E-state index in [1.54, 1.807) is 6.20 Å². The number of aryl methyl sites for hydroxylation is 1. The average Bonchev–Trinajstić information content (AvgIpc) is 2.72. The summed E-state index contributed by atoms with van der Waals surface area (Å²) < 4.78 is 0. The zero-order valence-electron chi connectivity index (χ0n) is 14.9. The molecule has 4 rings (SSSR count). The van der Waals surface area contributed by atoms with E-state index in [1.807, 2.05) is 42.6 Å². The maximum Gasteiger partial charge on any atom is 0.253 e. The van der Waals surface area contributed by atoms with Gasteiger partial charge in [-0.15, -0.1) is 0 Å². The van der Waals surface area contributed by atoms with Crippen LogP contribution in [-0.4, -0.2) is 17.4 Å². The Morgan fingerprint density at radius 1 is 1.11 bits per heavy atom. The largest absolute Gasteiger partial charge is 0.348 e. The number of carbonyl (C=O) groups is 1. The first-order chi connectivity index (χ1) is 13.2. The van der Waals surface area contributed by atoms with Crippen LogP contribution in [-0.2, 0) is 13.0 Å². The summed E-state index contributed by atoms with van der Waals surface area (Å²) in [6.45, 7) is 1.30. The summed E-state index contributed by atoms with van der Waals surface area (Å²) in [6.07, 6.45) is 5.58. The molecule has 136 valence electrons. The van der Waals surface area contributed by atoms with Crippen molar-refractivity contribution < 1.29 is 4.79 Å². The molecule has 4 nitrogen and oxygen atoms in total. The van der Waals surface area contributed by atoms with Gasteiger partial charge in [0, 0.05) is 30.0 Å². The fourth-order valence-electron chi connectivity index (χ4n) is 3.42. The van der Waals surface area contributed by atoms with Crippen LogP contribution in [0.3, 0.4) is 0 Å². The number of halogens is 1. The van der Waals surface area contributed by atoms with Crippen molar-refractivity contribution >= 4 is 28.9 Å². The van der Waals surface area contributed by atoms with Crippen molar-refractivity contribution in [2.45, 2.75) is 19.4 Å². The van der Waals surface area contributed by atoms with Crippen molar-refractivity contribution in [3.05, 3.63) is 88.7 Å². The summed E-state index contributed by atoms with van der Waals surface area (Å²) in [7, 11) is 0. The molecule has 1 N–H and O–H groups in total. The molecule has 0 saturated carbocycles. The fourth-order valence-corrected chi connectivity index (χ4v) is 3.62. The Bertz CT molecular complexity index is 973. The van der Waals surface area contributed by atoms with Crippen LogP contribution in [0.1, 0.15) is 27.9 Å². The van der Waals surface area contributed by atoms with Gasteiger partial charge in [0.2, 0.25) is 0 Å². The van der Waals surface area contributed by atoms with Crippen LogP contribution in [0, 0.1) is 0 Å². The number of fused-ring (bicyclic) bond motifs is 1. The number of hydrogen-bond donors (Lipinski definition) is 1. The summed E-state index contributed by atoms with van der Waals surface area (Å²) in [5.74, 6) is -0.158. The van der Waals surface area contributed by atoms with Crippen molar-refractivity contribution in [1.82, 2.24) is 10.3 Å². The second-order valence-electron chi connectivity index (χ2n) is 6.59. The third-order valence-corrected chi connectivity index (χ3v) is 5.17. The first-order valence-electron chi connectivity index (χ1n) is 9.04. The molecular formula is C22H20ClN3O. The highest BCUT2D eigenvalue weighted by molar-refractivity contribution is 6.31. The number of rotatable bonds is 4. The SMILES string of the molecule is O=C(NCc1ccccc1Cl)c1cncc(N2CCCc3ccccc32)c1. The second kappa shape index (κ2) is 7.80. The molecule has 0 bridgehead atoms. The minimum atomic E-state index is -0.158. The number of anilines is 2. The highest BCUT2D eigenvalue weighted by Crippen LogP contribution is 2.33. The minimum absolute atomic E-state index is 0.158. The molecule has 0 saturated heterocycles. The highest BCUT2D eigenvalue weighted by atomic mass is 35.5. The summed E-state index contributed by atoms with van der Waals surface area (Å²) in [6, 6.07) is 17.8. The van der Waals surface area contributed by atoms with E-state index < -0.39 is 0 Å². The van der Waals surface area contributed by atoms with Gasteiger partial charge in [0.1, 0.15) is 0 Å². The van der Waals surface area contributed by atoms with Crippen LogP contribution in [0.4, 0.5) is 11.4 Å². The molecule has 0 atom stereocenters. The molecule has 1 aliphatic rings. The third kappa shape index (κ3) is 3.81. The van der Waals surface area contributed by atoms with Crippen LogP contribution >= 0.6 is 11.6 Å². The molecule has 1 amide bonds. The third-order valence-electron chi connectivity index (χ3n) is 4.81. The Morgan fingerprint density at radius 3 is 2.81 bits per heavy atom. The number of para-hydroxylation sites is 1. The maximum atomic E-state index is 12.6. The average molecular weight is 378 g/mol. The van der Waals surface area contributed by atoms with E-state index in [0.717, 1.165) is 30.6 Å². The standard InChI is InChI=1S/C22H20ClN3O/c23-20-9-3-1-7-17(20)14-25-22(27)18-12-19(15-24-13-18)26-11-5-8-16-6-2-4-10-21(16)26/h1-4,6-7,9-10,12-13,15H,5,8,11,14H2,(H,25,27). The number of amides is 1. The number of nitrogens with one attached hydrogen (secondary N) is 1. The first kappa shape index (κ1) is 17.6. The van der Waals surface area contributed by atoms with Gasteiger partial charge in [-0.2, -0.15) is 0 Å². The van der Waals surface area contributed by atoms with E-state index in [9.17, 15) is 4.79 Å². The van der Waals surface area contributed by atoms with Gasteiger partial charge in [-0.1, -0.05) is 48.0 Å². The molecule has 5 heteroatoms. The Morgan fingerprint density at radius 2 is 1.93 bits per heavy atom. The van der Waals surface area contributed by atoms with E-state index in [1.165, 1.54) is 11.3 Å². The van der Waals surface area contributed by atoms with Gasteiger partial charge in [-0.05, 0) is 42.2 Å². The van der Waals surface area contributed by atoms with Crippen LogP contribution in [0.2, 0.25) is 5.02 Å². The number of pyridine rings is 1. The van der Waals surface area contributed by atoms with E-state index in [-0.39, 0.29) is 5.91 Å². The Hall–Kier alpha value is -2.85. The quantitative estimate of drug-likeness (QED) is 0.713. The maximum absolute atomic E-state index is 12.6. The molecule has 0 spiro atoms. The highest BCUT2D eigenvalue weighted by Gasteiger charge is 2.19. The van der Waals surface area contributed by atoms with Gasteiger partial charge in [0.25, 0.3) is 5.91 Å². The number of hydrogen-bond acceptors (Lipinski definition) is 3. The Kier molecular flexibility index (Phi) is 5.07. The molecule has 1 aromatic heterocycles. The predicted octanol–water partition coefficient (Wildman–Crippen LogP) is 4.75. The molecule has 2 aromatic carbocycles. The summed E-state index contributed by atoms with van der Waals surface area (Å²) in [5, 5.41) is 3.57. The van der Waals surface area contributed by atoms with Crippen molar-refractivity contribution in [2.24, 2.45) is 0 Å². The van der Waals surface area contributed by atoms with Crippen molar-refractivity contribution in [3.63, 3.8) is 0 Å². The molecule has 1 aliphatic heterocycles. The fraction of sp³-hybridized carbons (Fsp3) is 0.182. The lowest BCUT2D eigenvalue weighted by Gasteiger charge is -2.31. The van der Waals surface area contributed by atoms with Crippen LogP contribution in [0.5, 0.6) is 0 Å². The monoisotopic (exact) mass is 377 g/mol. The number of carbonyl (C=O) groups excluding carboxylic acids is 1.